The number of nitrogens with one attached hydrogen (secondary N) is 1. The van der Waals surface area contributed by atoms with E-state index in [4.69, 9.17) is 4.42 Å². The van der Waals surface area contributed by atoms with Crippen LogP contribution in [0, 0.1) is 20.8 Å². The van der Waals surface area contributed by atoms with Gasteiger partial charge in [-0.15, -0.1) is 0 Å². The molecule has 0 aliphatic heterocycles. The number of amides is 1. The molecule has 2 aromatic rings. The Morgan fingerprint density at radius 2 is 1.78 bits per heavy atom. The molecule has 0 aliphatic rings. The smallest absolute Gasteiger partial charge is 0.287 e. The number of furan rings is 1. The first-order valence-corrected chi connectivity index (χ1v) is 9.01. The second-order valence-corrected chi connectivity index (χ2v) is 7.87. The first-order chi connectivity index (χ1) is 10.7. The Hall–Kier alpha value is -2.08. The van der Waals surface area contributed by atoms with E-state index in [9.17, 15) is 13.2 Å². The van der Waals surface area contributed by atoms with Gasteiger partial charge >= 0.3 is 0 Å². The van der Waals surface area contributed by atoms with Crippen LogP contribution in [-0.2, 0) is 9.84 Å². The number of aryl methyl sites for hydroxylation is 3. The summed E-state index contributed by atoms with van der Waals surface area (Å²) in [6.07, 6.45) is 0. The minimum Gasteiger partial charge on any atom is -0.456 e. The van der Waals surface area contributed by atoms with Crippen molar-refractivity contribution in [1.82, 2.24) is 5.32 Å². The lowest BCUT2D eigenvalue weighted by Gasteiger charge is -2.14. The normalized spacial score (nSPS) is 12.9. The SMILES string of the molecule is Cc1ccc(S(=O)(=O)CC(C)NC(=O)c2oc(C)cc2C)cc1. The highest BCUT2D eigenvalue weighted by Crippen LogP contribution is 2.15. The van der Waals surface area contributed by atoms with Crippen LogP contribution in [-0.4, -0.2) is 26.1 Å². The summed E-state index contributed by atoms with van der Waals surface area (Å²) in [5, 5.41) is 2.68. The fourth-order valence-electron chi connectivity index (χ4n) is 2.37. The van der Waals surface area contributed by atoms with Gasteiger partial charge in [0.1, 0.15) is 5.76 Å². The molecule has 0 spiro atoms. The average molecular weight is 335 g/mol. The molecule has 0 saturated carbocycles. The molecule has 1 aromatic heterocycles. The first kappa shape index (κ1) is 17.3. The van der Waals surface area contributed by atoms with Gasteiger partial charge in [0.15, 0.2) is 15.6 Å². The average Bonchev–Trinajstić information content (AvgIpc) is 2.77. The van der Waals surface area contributed by atoms with Gasteiger partial charge < -0.3 is 9.73 Å². The molecule has 1 atom stereocenters. The maximum atomic E-state index is 12.4. The molecular formula is C17H21NO4S. The Morgan fingerprint density at radius 3 is 2.30 bits per heavy atom. The minimum absolute atomic E-state index is 0.166. The molecule has 0 radical (unpaired) electrons. The molecule has 1 heterocycles. The van der Waals surface area contributed by atoms with E-state index in [0.29, 0.717) is 5.76 Å². The van der Waals surface area contributed by atoms with Gasteiger partial charge in [-0.3, -0.25) is 4.79 Å². The topological polar surface area (TPSA) is 76.4 Å². The van der Waals surface area contributed by atoms with Gasteiger partial charge in [0.25, 0.3) is 5.91 Å². The molecule has 124 valence electrons. The van der Waals surface area contributed by atoms with Crippen molar-refractivity contribution in [3.63, 3.8) is 0 Å². The quantitative estimate of drug-likeness (QED) is 0.911. The molecule has 0 bridgehead atoms. The fourth-order valence-corrected chi connectivity index (χ4v) is 3.85. The number of hydrogen-bond donors (Lipinski definition) is 1. The molecule has 5 nitrogen and oxygen atoms in total. The van der Waals surface area contributed by atoms with Crippen LogP contribution < -0.4 is 5.32 Å². The van der Waals surface area contributed by atoms with E-state index in [2.05, 4.69) is 5.32 Å². The minimum atomic E-state index is -3.45. The lowest BCUT2D eigenvalue weighted by Crippen LogP contribution is -2.37. The van der Waals surface area contributed by atoms with Crippen LogP contribution in [0.5, 0.6) is 0 Å². The van der Waals surface area contributed by atoms with Crippen LogP contribution >= 0.6 is 0 Å². The van der Waals surface area contributed by atoms with Crippen molar-refractivity contribution < 1.29 is 17.6 Å². The van der Waals surface area contributed by atoms with Gasteiger partial charge in [-0.1, -0.05) is 17.7 Å². The Balaban J connectivity index is 2.06. The van der Waals surface area contributed by atoms with Crippen LogP contribution in [0.2, 0.25) is 0 Å². The van der Waals surface area contributed by atoms with Crippen LogP contribution in [0.1, 0.15) is 34.4 Å². The third-order valence-electron chi connectivity index (χ3n) is 3.47. The number of rotatable bonds is 5. The van der Waals surface area contributed by atoms with Gasteiger partial charge in [0.05, 0.1) is 10.6 Å². The molecule has 0 saturated heterocycles. The van der Waals surface area contributed by atoms with Crippen molar-refractivity contribution >= 4 is 15.7 Å². The predicted octanol–water partition coefficient (Wildman–Crippen LogP) is 2.80. The van der Waals surface area contributed by atoms with Crippen molar-refractivity contribution in [3.05, 3.63) is 53.0 Å². The monoisotopic (exact) mass is 335 g/mol. The van der Waals surface area contributed by atoms with E-state index in [0.717, 1.165) is 11.1 Å². The Bertz CT molecular complexity index is 804. The van der Waals surface area contributed by atoms with Crippen LogP contribution in [0.4, 0.5) is 0 Å². The molecular weight excluding hydrogens is 314 g/mol. The van der Waals surface area contributed by atoms with Gasteiger partial charge in [-0.25, -0.2) is 8.42 Å². The van der Waals surface area contributed by atoms with Crippen LogP contribution in [0.3, 0.4) is 0 Å². The van der Waals surface area contributed by atoms with Gasteiger partial charge in [-0.2, -0.15) is 0 Å². The summed E-state index contributed by atoms with van der Waals surface area (Å²) >= 11 is 0. The van der Waals surface area contributed by atoms with Crippen LogP contribution in [0.15, 0.2) is 39.6 Å². The van der Waals surface area contributed by atoms with Crippen molar-refractivity contribution in [2.45, 2.75) is 38.6 Å². The second-order valence-electron chi connectivity index (χ2n) is 5.84. The number of carbonyl (C=O) groups is 1. The van der Waals surface area contributed by atoms with Crippen molar-refractivity contribution in [3.8, 4) is 0 Å². The summed E-state index contributed by atoms with van der Waals surface area (Å²) in [6.45, 7) is 7.09. The molecule has 1 unspecified atom stereocenters. The van der Waals surface area contributed by atoms with E-state index in [1.807, 2.05) is 6.92 Å². The zero-order chi connectivity index (χ0) is 17.2. The summed E-state index contributed by atoms with van der Waals surface area (Å²) < 4.78 is 30.1. The van der Waals surface area contributed by atoms with E-state index < -0.39 is 21.8 Å². The number of hydrogen-bond acceptors (Lipinski definition) is 4. The van der Waals surface area contributed by atoms with E-state index in [1.165, 1.54) is 0 Å². The van der Waals surface area contributed by atoms with Crippen molar-refractivity contribution in [1.29, 1.82) is 0 Å². The zero-order valence-corrected chi connectivity index (χ0v) is 14.5. The summed E-state index contributed by atoms with van der Waals surface area (Å²) in [4.78, 5) is 12.4. The highest BCUT2D eigenvalue weighted by molar-refractivity contribution is 7.91. The van der Waals surface area contributed by atoms with E-state index >= 15 is 0 Å². The third kappa shape index (κ3) is 4.22. The maximum absolute atomic E-state index is 12.4. The number of benzene rings is 1. The van der Waals surface area contributed by atoms with Gasteiger partial charge in [0.2, 0.25) is 0 Å². The summed E-state index contributed by atoms with van der Waals surface area (Å²) in [5.41, 5.74) is 1.72. The van der Waals surface area contributed by atoms with E-state index in [-0.39, 0.29) is 16.4 Å². The highest BCUT2D eigenvalue weighted by atomic mass is 32.2. The molecule has 1 amide bonds. The summed E-state index contributed by atoms with van der Waals surface area (Å²) in [6, 6.07) is 7.91. The van der Waals surface area contributed by atoms with Gasteiger partial charge in [0, 0.05) is 11.6 Å². The highest BCUT2D eigenvalue weighted by Gasteiger charge is 2.22. The van der Waals surface area contributed by atoms with E-state index in [1.54, 1.807) is 51.1 Å². The van der Waals surface area contributed by atoms with Crippen molar-refractivity contribution in [2.75, 3.05) is 5.75 Å². The lowest BCUT2D eigenvalue weighted by molar-refractivity contribution is 0.0913. The number of sulfone groups is 1. The third-order valence-corrected chi connectivity index (χ3v) is 5.40. The molecule has 1 aromatic carbocycles. The first-order valence-electron chi connectivity index (χ1n) is 7.36. The molecule has 2 rings (SSSR count). The predicted molar refractivity (Wildman–Crippen MR) is 88.3 cm³/mol. The number of carbonyl (C=O) groups excluding carboxylic acids is 1. The van der Waals surface area contributed by atoms with Crippen LogP contribution in [0.25, 0.3) is 0 Å². The molecule has 0 fully saturated rings. The fraction of sp³-hybridized carbons (Fsp3) is 0.353. The Morgan fingerprint density at radius 1 is 1.17 bits per heavy atom. The lowest BCUT2D eigenvalue weighted by atomic mass is 10.2. The summed E-state index contributed by atoms with van der Waals surface area (Å²) in [5.74, 6) is 0.303. The Kier molecular flexibility index (Phi) is 4.94. The maximum Gasteiger partial charge on any atom is 0.287 e. The van der Waals surface area contributed by atoms with Crippen molar-refractivity contribution in [2.24, 2.45) is 0 Å². The largest absolute Gasteiger partial charge is 0.456 e. The van der Waals surface area contributed by atoms with Gasteiger partial charge in [-0.05, 0) is 45.9 Å². The summed E-state index contributed by atoms with van der Waals surface area (Å²) in [7, 11) is -3.45. The zero-order valence-electron chi connectivity index (χ0n) is 13.7. The standard InChI is InChI=1S/C17H21NO4S/c1-11-5-7-15(8-6-11)23(20,21)10-13(3)18-17(19)16-12(2)9-14(4)22-16/h5-9,13H,10H2,1-4H3,(H,18,19). The second kappa shape index (κ2) is 6.58. The molecule has 23 heavy (non-hydrogen) atoms. The molecule has 0 aliphatic carbocycles. The Labute approximate surface area is 136 Å². The molecule has 6 heteroatoms. The molecule has 1 N–H and O–H groups in total.